The van der Waals surface area contributed by atoms with Gasteiger partial charge in [-0.05, 0) is 12.8 Å². The summed E-state index contributed by atoms with van der Waals surface area (Å²) >= 11 is 0. The number of aliphatic hydroxyl groups is 1. The number of aliphatic hydroxyl groups excluding tert-OH is 1. The van der Waals surface area contributed by atoms with E-state index in [2.05, 4.69) is 6.92 Å². The van der Waals surface area contributed by atoms with Gasteiger partial charge in [0.1, 0.15) is 0 Å². The fraction of sp³-hybridized carbons (Fsp3) is 0.800. The van der Waals surface area contributed by atoms with Crippen LogP contribution in [0.15, 0.2) is 0 Å². The largest absolute Gasteiger partial charge is 0.481 e. The molecule has 0 saturated carbocycles. The minimum Gasteiger partial charge on any atom is -0.481 e. The van der Waals surface area contributed by atoms with E-state index in [1.54, 1.807) is 0 Å². The summed E-state index contributed by atoms with van der Waals surface area (Å²) in [6.45, 7) is 5.32. The van der Waals surface area contributed by atoms with Crippen LogP contribution >= 0.6 is 0 Å². The van der Waals surface area contributed by atoms with Crippen molar-refractivity contribution in [2.45, 2.75) is 46.5 Å². The predicted molar refractivity (Wildman–Crippen MR) is 61.5 cm³/mol. The first-order valence-corrected chi connectivity index (χ1v) is 4.94. The van der Waals surface area contributed by atoms with Crippen molar-refractivity contribution in [2.75, 3.05) is 6.61 Å². The molecule has 5 N–H and O–H groups in total. The standard InChI is InChI=1S/C4H8O2.C4H10O.C2H4O2.H2O/c1-2-3-4(5)6;1-2-3-4-5;1-2(3)4;/h2-3H2,1H3,(H,5,6);5H,2-4H2,1H3;1H3,(H,3,4);1H2. The first-order valence-electron chi connectivity index (χ1n) is 4.94. The highest BCUT2D eigenvalue weighted by Crippen LogP contribution is 1.82. The number of unbranched alkanes of at least 4 members (excludes halogenated alkanes) is 1. The predicted octanol–water partition coefficient (Wildman–Crippen LogP) is 0.916. The molecule has 0 heterocycles. The summed E-state index contributed by atoms with van der Waals surface area (Å²) < 4.78 is 0. The van der Waals surface area contributed by atoms with Crippen molar-refractivity contribution in [1.29, 1.82) is 0 Å². The van der Waals surface area contributed by atoms with E-state index < -0.39 is 11.9 Å². The van der Waals surface area contributed by atoms with E-state index in [9.17, 15) is 4.79 Å². The SMILES string of the molecule is CC(=O)O.CCCC(=O)O.CCCCO.O. The van der Waals surface area contributed by atoms with Crippen molar-refractivity contribution in [3.8, 4) is 0 Å². The van der Waals surface area contributed by atoms with E-state index in [0.717, 1.165) is 26.2 Å². The Balaban J connectivity index is -0.0000000668. The Bertz CT molecular complexity index is 140. The second kappa shape index (κ2) is 23.6. The molecule has 0 saturated heterocycles. The summed E-state index contributed by atoms with van der Waals surface area (Å²) in [4.78, 5) is 18.6. The molecule has 0 bridgehead atoms. The molecule has 0 spiro atoms. The lowest BCUT2D eigenvalue weighted by molar-refractivity contribution is -0.137. The van der Waals surface area contributed by atoms with Crippen LogP contribution in [0.25, 0.3) is 0 Å². The van der Waals surface area contributed by atoms with Crippen molar-refractivity contribution in [3.63, 3.8) is 0 Å². The van der Waals surface area contributed by atoms with Gasteiger partial charge in [0, 0.05) is 20.0 Å². The molecule has 100 valence electrons. The second-order valence-corrected chi connectivity index (χ2v) is 2.74. The van der Waals surface area contributed by atoms with Gasteiger partial charge in [0.25, 0.3) is 5.97 Å². The molecule has 0 aromatic carbocycles. The average molecular weight is 240 g/mol. The smallest absolute Gasteiger partial charge is 0.303 e. The number of rotatable bonds is 4. The minimum atomic E-state index is -0.833. The van der Waals surface area contributed by atoms with Crippen LogP contribution in [0.5, 0.6) is 0 Å². The maximum absolute atomic E-state index is 9.60. The Kier molecular flexibility index (Phi) is 35.7. The molecule has 6 heteroatoms. The highest BCUT2D eigenvalue weighted by molar-refractivity contribution is 5.66. The fourth-order valence-corrected chi connectivity index (χ4v) is 0.372. The monoisotopic (exact) mass is 240 g/mol. The highest BCUT2D eigenvalue weighted by Gasteiger charge is 1.87. The number of carboxylic acid groups (broad SMARTS) is 2. The Morgan fingerprint density at radius 3 is 1.44 bits per heavy atom. The summed E-state index contributed by atoms with van der Waals surface area (Å²) in [6.07, 6.45) is 3.06. The quantitative estimate of drug-likeness (QED) is 0.673. The lowest BCUT2D eigenvalue weighted by atomic mass is 10.4. The molecular formula is C10H24O6. The van der Waals surface area contributed by atoms with Crippen molar-refractivity contribution in [2.24, 2.45) is 0 Å². The summed E-state index contributed by atoms with van der Waals surface area (Å²) in [5, 5.41) is 23.4. The van der Waals surface area contributed by atoms with Gasteiger partial charge in [0.15, 0.2) is 0 Å². The lowest BCUT2D eigenvalue weighted by Gasteiger charge is -1.79. The molecular weight excluding hydrogens is 216 g/mol. The van der Waals surface area contributed by atoms with Crippen molar-refractivity contribution >= 4 is 11.9 Å². The van der Waals surface area contributed by atoms with Crippen LogP contribution in [-0.2, 0) is 9.59 Å². The van der Waals surface area contributed by atoms with Crippen LogP contribution in [-0.4, -0.2) is 39.3 Å². The highest BCUT2D eigenvalue weighted by atomic mass is 16.4. The molecule has 16 heavy (non-hydrogen) atoms. The van der Waals surface area contributed by atoms with Crippen molar-refractivity contribution in [3.05, 3.63) is 0 Å². The lowest BCUT2D eigenvalue weighted by Crippen LogP contribution is -1.90. The summed E-state index contributed by atoms with van der Waals surface area (Å²) in [5.41, 5.74) is 0. The molecule has 0 rings (SSSR count). The van der Waals surface area contributed by atoms with Gasteiger partial charge in [0.2, 0.25) is 0 Å². The molecule has 0 aliphatic rings. The summed E-state index contributed by atoms with van der Waals surface area (Å²) in [5.74, 6) is -1.54. The summed E-state index contributed by atoms with van der Waals surface area (Å²) in [7, 11) is 0. The van der Waals surface area contributed by atoms with E-state index in [0.29, 0.717) is 13.0 Å². The molecule has 0 aromatic rings. The van der Waals surface area contributed by atoms with Crippen LogP contribution < -0.4 is 0 Å². The third-order valence-corrected chi connectivity index (χ3v) is 0.976. The molecule has 0 amide bonds. The fourth-order valence-electron chi connectivity index (χ4n) is 0.372. The van der Waals surface area contributed by atoms with E-state index in [-0.39, 0.29) is 5.48 Å². The topological polar surface area (TPSA) is 126 Å². The zero-order valence-electron chi connectivity index (χ0n) is 10.2. The van der Waals surface area contributed by atoms with Crippen molar-refractivity contribution in [1.82, 2.24) is 0 Å². The van der Waals surface area contributed by atoms with Crippen LogP contribution in [0.2, 0.25) is 0 Å². The van der Waals surface area contributed by atoms with E-state index in [1.165, 1.54) is 0 Å². The molecule has 0 aliphatic heterocycles. The molecule has 6 nitrogen and oxygen atoms in total. The third kappa shape index (κ3) is 121. The molecule has 0 unspecified atom stereocenters. The van der Waals surface area contributed by atoms with E-state index >= 15 is 0 Å². The number of hydrogen-bond donors (Lipinski definition) is 3. The van der Waals surface area contributed by atoms with E-state index in [1.807, 2.05) is 6.92 Å². The third-order valence-electron chi connectivity index (χ3n) is 0.976. The van der Waals surface area contributed by atoms with Crippen LogP contribution in [0.1, 0.15) is 46.5 Å². The van der Waals surface area contributed by atoms with Gasteiger partial charge in [-0.1, -0.05) is 20.3 Å². The maximum Gasteiger partial charge on any atom is 0.303 e. The van der Waals surface area contributed by atoms with Gasteiger partial charge < -0.3 is 20.8 Å². The normalized spacial score (nSPS) is 7.25. The minimum absolute atomic E-state index is 0. The Morgan fingerprint density at radius 2 is 1.44 bits per heavy atom. The Labute approximate surface area is 96.2 Å². The average Bonchev–Trinajstić information content (AvgIpc) is 2.05. The van der Waals surface area contributed by atoms with Crippen LogP contribution in [0, 0.1) is 0 Å². The molecule has 0 fully saturated rings. The zero-order valence-corrected chi connectivity index (χ0v) is 10.2. The number of hydrogen-bond acceptors (Lipinski definition) is 3. The van der Waals surface area contributed by atoms with E-state index in [4.69, 9.17) is 20.1 Å². The number of carbonyl (C=O) groups is 2. The summed E-state index contributed by atoms with van der Waals surface area (Å²) in [6, 6.07) is 0. The zero-order chi connectivity index (χ0) is 12.7. The first-order chi connectivity index (χ1) is 6.92. The van der Waals surface area contributed by atoms with Gasteiger partial charge >= 0.3 is 5.97 Å². The van der Waals surface area contributed by atoms with Gasteiger partial charge in [-0.2, -0.15) is 0 Å². The molecule has 0 aromatic heterocycles. The molecule has 0 atom stereocenters. The second-order valence-electron chi connectivity index (χ2n) is 2.74. The van der Waals surface area contributed by atoms with Gasteiger partial charge in [-0.15, -0.1) is 0 Å². The van der Waals surface area contributed by atoms with Crippen LogP contribution in [0.3, 0.4) is 0 Å². The maximum atomic E-state index is 9.60. The van der Waals surface area contributed by atoms with Gasteiger partial charge in [0.05, 0.1) is 0 Å². The first kappa shape index (κ1) is 24.2. The Hall–Kier alpha value is -1.14. The molecule has 0 radical (unpaired) electrons. The number of aliphatic carboxylic acids is 2. The molecule has 0 aliphatic carbocycles. The van der Waals surface area contributed by atoms with Gasteiger partial charge in [-0.3, -0.25) is 9.59 Å². The van der Waals surface area contributed by atoms with Gasteiger partial charge in [-0.25, -0.2) is 0 Å². The van der Waals surface area contributed by atoms with Crippen LogP contribution in [0.4, 0.5) is 0 Å². The number of carboxylic acids is 2. The Morgan fingerprint density at radius 1 is 1.06 bits per heavy atom. The van der Waals surface area contributed by atoms with Crippen molar-refractivity contribution < 1.29 is 30.4 Å².